The molecule has 3 amide bonds. The molecule has 0 spiro atoms. The molecule has 254 valence electrons. The Labute approximate surface area is 272 Å². The molecule has 2 saturated carbocycles. The minimum Gasteiger partial charge on any atom is -0.497 e. The van der Waals surface area contributed by atoms with Crippen molar-refractivity contribution in [2.75, 3.05) is 46.6 Å². The Hall–Kier alpha value is -3.02. The fraction of sp³-hybridized carbons (Fsp3) is 0.714. The standard InChI is InChI=1S/C35H52N4O7/c1-23(36-31(40)21-39-15-17-45-18-16-39)33(42)38-30(19-24-11-13-27(44-3)14-12-24)34(43)37-29(32(41)35(2)22-46-35)20-26-9-6-8-25-7-4-5-10-28(25)26/h11-14,23,25-26,28-30H,4-10,15-22H2,1-3H3,(H,36,40)(H,37,43)(H,38,42)/t23-,25?,26+,28?,29-,30-,35+/m0/s1. The molecule has 2 aliphatic carbocycles. The lowest BCUT2D eigenvalue weighted by molar-refractivity contribution is -0.134. The molecule has 46 heavy (non-hydrogen) atoms. The lowest BCUT2D eigenvalue weighted by atomic mass is 9.64. The first-order valence-corrected chi connectivity index (χ1v) is 17.2. The quantitative estimate of drug-likeness (QED) is 0.264. The van der Waals surface area contributed by atoms with Crippen LogP contribution in [0, 0.1) is 17.8 Å². The van der Waals surface area contributed by atoms with Gasteiger partial charge < -0.3 is 30.2 Å². The summed E-state index contributed by atoms with van der Waals surface area (Å²) in [5.41, 5.74) is -0.0602. The van der Waals surface area contributed by atoms with Crippen LogP contribution in [0.1, 0.15) is 70.8 Å². The van der Waals surface area contributed by atoms with Gasteiger partial charge >= 0.3 is 0 Å². The number of ether oxygens (including phenoxy) is 3. The summed E-state index contributed by atoms with van der Waals surface area (Å²) in [5.74, 6) is 1.08. The number of carbonyl (C=O) groups is 4. The summed E-state index contributed by atoms with van der Waals surface area (Å²) in [4.78, 5) is 55.9. The Morgan fingerprint density at radius 3 is 2.30 bits per heavy atom. The lowest BCUT2D eigenvalue weighted by Crippen LogP contribution is -2.57. The molecule has 4 aliphatic rings. The van der Waals surface area contributed by atoms with Crippen LogP contribution >= 0.6 is 0 Å². The molecule has 0 radical (unpaired) electrons. The van der Waals surface area contributed by atoms with E-state index < -0.39 is 35.5 Å². The fourth-order valence-corrected chi connectivity index (χ4v) is 7.61. The van der Waals surface area contributed by atoms with Gasteiger partial charge in [-0.15, -0.1) is 0 Å². The van der Waals surface area contributed by atoms with E-state index in [-0.39, 0.29) is 24.7 Å². The molecule has 1 aromatic rings. The summed E-state index contributed by atoms with van der Waals surface area (Å²) in [6.45, 7) is 6.37. The van der Waals surface area contributed by atoms with Gasteiger partial charge in [0.2, 0.25) is 17.7 Å². The third-order valence-corrected chi connectivity index (χ3v) is 10.5. The highest BCUT2D eigenvalue weighted by Gasteiger charge is 2.51. The maximum Gasteiger partial charge on any atom is 0.243 e. The molecule has 4 fully saturated rings. The fourth-order valence-electron chi connectivity index (χ4n) is 7.61. The van der Waals surface area contributed by atoms with Crippen molar-refractivity contribution in [1.82, 2.24) is 20.9 Å². The van der Waals surface area contributed by atoms with Crippen molar-refractivity contribution in [3.05, 3.63) is 29.8 Å². The van der Waals surface area contributed by atoms with E-state index in [0.29, 0.717) is 62.8 Å². The van der Waals surface area contributed by atoms with E-state index in [2.05, 4.69) is 16.0 Å². The molecule has 11 nitrogen and oxygen atoms in total. The van der Waals surface area contributed by atoms with Gasteiger partial charge in [0.05, 0.1) is 39.5 Å². The molecule has 7 atom stereocenters. The zero-order chi connectivity index (χ0) is 32.7. The Morgan fingerprint density at radius 1 is 0.935 bits per heavy atom. The van der Waals surface area contributed by atoms with Crippen LogP contribution in [0.2, 0.25) is 0 Å². The number of benzene rings is 1. The summed E-state index contributed by atoms with van der Waals surface area (Å²) < 4.78 is 16.2. The van der Waals surface area contributed by atoms with Crippen molar-refractivity contribution in [3.63, 3.8) is 0 Å². The second-order valence-corrected chi connectivity index (χ2v) is 13.9. The van der Waals surface area contributed by atoms with Crippen molar-refractivity contribution >= 4 is 23.5 Å². The SMILES string of the molecule is COc1ccc(C[C@H](NC(=O)[C@H](C)NC(=O)CN2CCOCC2)C(=O)N[C@@H](C[C@H]2CCCC3CCCCC32)C(=O)[C@@]2(C)CO2)cc1. The monoisotopic (exact) mass is 640 g/mol. The number of ketones is 1. The van der Waals surface area contributed by atoms with Gasteiger partial charge in [-0.3, -0.25) is 24.1 Å². The normalized spacial score (nSPS) is 28.1. The van der Waals surface area contributed by atoms with Gasteiger partial charge in [-0.25, -0.2) is 0 Å². The third-order valence-electron chi connectivity index (χ3n) is 10.5. The van der Waals surface area contributed by atoms with Crippen LogP contribution in [-0.4, -0.2) is 98.7 Å². The summed E-state index contributed by atoms with van der Waals surface area (Å²) in [7, 11) is 1.59. The molecular weight excluding hydrogens is 588 g/mol. The van der Waals surface area contributed by atoms with Crippen molar-refractivity contribution in [3.8, 4) is 5.75 Å². The van der Waals surface area contributed by atoms with Gasteiger partial charge in [0.1, 0.15) is 23.4 Å². The number of morpholine rings is 1. The van der Waals surface area contributed by atoms with Crippen molar-refractivity contribution in [1.29, 1.82) is 0 Å². The summed E-state index contributed by atoms with van der Waals surface area (Å²) >= 11 is 0. The Bertz CT molecular complexity index is 1210. The van der Waals surface area contributed by atoms with E-state index in [0.717, 1.165) is 18.4 Å². The maximum atomic E-state index is 14.1. The molecule has 2 heterocycles. The van der Waals surface area contributed by atoms with Crippen LogP contribution in [-0.2, 0) is 35.1 Å². The summed E-state index contributed by atoms with van der Waals surface area (Å²) in [6.07, 6.45) is 9.20. The van der Waals surface area contributed by atoms with E-state index in [9.17, 15) is 19.2 Å². The van der Waals surface area contributed by atoms with E-state index >= 15 is 0 Å². The highest BCUT2D eigenvalue weighted by molar-refractivity contribution is 5.98. The predicted octanol–water partition coefficient (Wildman–Crippen LogP) is 2.40. The zero-order valence-electron chi connectivity index (χ0n) is 27.7. The van der Waals surface area contributed by atoms with Crippen LogP contribution in [0.4, 0.5) is 0 Å². The summed E-state index contributed by atoms with van der Waals surface area (Å²) in [5, 5.41) is 8.72. The summed E-state index contributed by atoms with van der Waals surface area (Å²) in [6, 6.07) is 4.80. The first-order chi connectivity index (χ1) is 22.1. The van der Waals surface area contributed by atoms with Gasteiger partial charge in [-0.2, -0.15) is 0 Å². The average molecular weight is 641 g/mol. The number of epoxide rings is 1. The molecule has 2 aliphatic heterocycles. The zero-order valence-corrected chi connectivity index (χ0v) is 27.7. The Balaban J connectivity index is 1.28. The van der Waals surface area contributed by atoms with Crippen LogP contribution in [0.25, 0.3) is 0 Å². The first kappa shape index (κ1) is 34.3. The molecule has 1 aromatic carbocycles. The number of Topliss-reactive ketones (excluding diaryl/α,β-unsaturated/α-hetero) is 1. The molecule has 11 heteroatoms. The number of fused-ring (bicyclic) bond motifs is 1. The predicted molar refractivity (Wildman–Crippen MR) is 172 cm³/mol. The van der Waals surface area contributed by atoms with Gasteiger partial charge in [-0.05, 0) is 62.1 Å². The van der Waals surface area contributed by atoms with Gasteiger partial charge in [0.25, 0.3) is 0 Å². The van der Waals surface area contributed by atoms with Gasteiger partial charge in [-0.1, -0.05) is 50.7 Å². The highest BCUT2D eigenvalue weighted by Crippen LogP contribution is 2.46. The minimum atomic E-state index is -0.962. The molecule has 2 saturated heterocycles. The molecule has 0 aromatic heterocycles. The number of nitrogens with one attached hydrogen (secondary N) is 3. The number of hydrogen-bond donors (Lipinski definition) is 3. The lowest BCUT2D eigenvalue weighted by Gasteiger charge is -2.42. The first-order valence-electron chi connectivity index (χ1n) is 17.2. The average Bonchev–Trinajstić information content (AvgIpc) is 3.82. The third kappa shape index (κ3) is 9.07. The Morgan fingerprint density at radius 2 is 1.61 bits per heavy atom. The van der Waals surface area contributed by atoms with E-state index in [1.54, 1.807) is 21.0 Å². The van der Waals surface area contributed by atoms with Crippen molar-refractivity contribution < 1.29 is 33.4 Å². The van der Waals surface area contributed by atoms with Gasteiger partial charge in [0.15, 0.2) is 5.78 Å². The van der Waals surface area contributed by atoms with Crippen LogP contribution in [0.15, 0.2) is 24.3 Å². The van der Waals surface area contributed by atoms with Crippen LogP contribution < -0.4 is 20.7 Å². The second-order valence-electron chi connectivity index (χ2n) is 13.9. The molecule has 3 N–H and O–H groups in total. The maximum absolute atomic E-state index is 14.1. The van der Waals surface area contributed by atoms with Gasteiger partial charge in [0, 0.05) is 19.5 Å². The number of rotatable bonds is 14. The number of methoxy groups -OCH3 is 1. The number of nitrogens with zero attached hydrogens (tertiary/aromatic N) is 1. The molecule has 5 rings (SSSR count). The minimum absolute atomic E-state index is 0.1000. The molecule has 2 unspecified atom stereocenters. The number of hydrogen-bond acceptors (Lipinski definition) is 8. The molecular formula is C35H52N4O7. The van der Waals surface area contributed by atoms with Crippen molar-refractivity contribution in [2.24, 2.45) is 17.8 Å². The van der Waals surface area contributed by atoms with Crippen LogP contribution in [0.3, 0.4) is 0 Å². The number of amides is 3. The van der Waals surface area contributed by atoms with E-state index in [1.165, 1.54) is 32.1 Å². The highest BCUT2D eigenvalue weighted by atomic mass is 16.6. The van der Waals surface area contributed by atoms with E-state index in [1.807, 2.05) is 29.2 Å². The number of carbonyl (C=O) groups excluding carboxylic acids is 4. The van der Waals surface area contributed by atoms with Crippen molar-refractivity contribution in [2.45, 2.75) is 95.4 Å². The topological polar surface area (TPSA) is 139 Å². The van der Waals surface area contributed by atoms with E-state index in [4.69, 9.17) is 14.2 Å². The smallest absolute Gasteiger partial charge is 0.243 e. The second kappa shape index (κ2) is 15.7. The molecule has 0 bridgehead atoms. The van der Waals surface area contributed by atoms with Crippen LogP contribution in [0.5, 0.6) is 5.75 Å². The Kier molecular flexibility index (Phi) is 11.7. The largest absolute Gasteiger partial charge is 0.497 e.